The van der Waals surface area contributed by atoms with Crippen molar-refractivity contribution in [1.82, 2.24) is 0 Å². The first kappa shape index (κ1) is 31.2. The van der Waals surface area contributed by atoms with Crippen LogP contribution in [-0.4, -0.2) is 57.5 Å². The Labute approximate surface area is 260 Å². The molecule has 0 aliphatic carbocycles. The van der Waals surface area contributed by atoms with Gasteiger partial charge in [0.15, 0.2) is 0 Å². The summed E-state index contributed by atoms with van der Waals surface area (Å²) in [5.41, 5.74) is 3.65. The van der Waals surface area contributed by atoms with Crippen molar-refractivity contribution in [2.45, 2.75) is 33.9 Å². The highest BCUT2D eigenvalue weighted by Gasteiger charge is 2.35. The molecule has 0 aromatic heterocycles. The highest BCUT2D eigenvalue weighted by Crippen LogP contribution is 2.46. The number of rotatable bonds is 10. The van der Waals surface area contributed by atoms with Crippen molar-refractivity contribution in [3.05, 3.63) is 68.4 Å². The highest BCUT2D eigenvalue weighted by atomic mass is 35.5. The summed E-state index contributed by atoms with van der Waals surface area (Å²) in [6.07, 6.45) is 5.90. The van der Waals surface area contributed by atoms with Gasteiger partial charge in [-0.2, -0.15) is 0 Å². The van der Waals surface area contributed by atoms with Crippen molar-refractivity contribution in [3.63, 3.8) is 0 Å². The van der Waals surface area contributed by atoms with Crippen molar-refractivity contribution < 1.29 is 19.1 Å². The van der Waals surface area contributed by atoms with Crippen LogP contribution in [0.1, 0.15) is 27.7 Å². The Balaban J connectivity index is 1.70. The number of likely N-dealkylation sites (N-methyl/N-ethyl adjacent to an activating group) is 1. The van der Waals surface area contributed by atoms with E-state index >= 15 is 0 Å². The molecule has 0 N–H and O–H groups in total. The van der Waals surface area contributed by atoms with Crippen molar-refractivity contribution >= 4 is 81.1 Å². The Kier molecular flexibility index (Phi) is 10.2. The van der Waals surface area contributed by atoms with Crippen LogP contribution < -0.4 is 19.6 Å². The molecule has 0 radical (unpaired) electrons. The van der Waals surface area contributed by atoms with Crippen LogP contribution in [-0.2, 0) is 19.1 Å². The molecule has 0 bridgehead atoms. The lowest BCUT2D eigenvalue weighted by Gasteiger charge is -2.30. The predicted octanol–water partition coefficient (Wildman–Crippen LogP) is 7.14. The maximum atomic E-state index is 11.5. The van der Waals surface area contributed by atoms with E-state index in [1.807, 2.05) is 36.4 Å². The lowest BCUT2D eigenvalue weighted by atomic mass is 10.2. The number of fused-ring (bicyclic) bond motifs is 2. The van der Waals surface area contributed by atoms with E-state index < -0.39 is 0 Å². The number of benzene rings is 2. The van der Waals surface area contributed by atoms with Gasteiger partial charge in [0, 0.05) is 26.9 Å². The van der Waals surface area contributed by atoms with Crippen molar-refractivity contribution in [2.75, 3.05) is 59.0 Å². The minimum atomic E-state index is -0.342. The standard InChI is InChI=1S/C29H32Cl4N4O4/c1-5-34-24-14-20(30)22(32)16-26(24)36(10-12-40-18(3)38)28(34)8-7-9-29-35(6-2)25-15-21(31)23(33)17-27(25)37(29)11-13-41-19(4)39/h7-9,14-17,28H,5-6,10-13H2,1-4H3/b8-7+,29-9+/t28-/m1/s1. The quantitative estimate of drug-likeness (QED) is 0.254. The van der Waals surface area contributed by atoms with Crippen LogP contribution in [0.15, 0.2) is 48.3 Å². The van der Waals surface area contributed by atoms with Crippen LogP contribution in [0.3, 0.4) is 0 Å². The van der Waals surface area contributed by atoms with Crippen molar-refractivity contribution in [1.29, 1.82) is 0 Å². The Morgan fingerprint density at radius 1 is 0.732 bits per heavy atom. The number of halogens is 4. The van der Waals surface area contributed by atoms with Gasteiger partial charge in [0.1, 0.15) is 25.2 Å². The van der Waals surface area contributed by atoms with E-state index in [1.54, 1.807) is 0 Å². The molecule has 2 aromatic carbocycles. The topological polar surface area (TPSA) is 65.6 Å². The molecule has 4 rings (SSSR count). The first-order chi connectivity index (χ1) is 19.6. The van der Waals surface area contributed by atoms with Gasteiger partial charge in [0.05, 0.1) is 55.9 Å². The molecule has 12 heteroatoms. The zero-order valence-corrected chi connectivity index (χ0v) is 26.3. The molecule has 220 valence electrons. The minimum absolute atomic E-state index is 0.186. The second kappa shape index (κ2) is 13.5. The maximum Gasteiger partial charge on any atom is 0.302 e. The van der Waals surface area contributed by atoms with Gasteiger partial charge < -0.3 is 29.1 Å². The fourth-order valence-corrected chi connectivity index (χ4v) is 5.80. The predicted molar refractivity (Wildman–Crippen MR) is 168 cm³/mol. The average molecular weight is 642 g/mol. The molecular formula is C29H32Cl4N4O4. The van der Waals surface area contributed by atoms with Gasteiger partial charge in [0.25, 0.3) is 0 Å². The zero-order valence-electron chi connectivity index (χ0n) is 23.3. The molecule has 0 saturated heterocycles. The molecule has 2 heterocycles. The Morgan fingerprint density at radius 3 is 1.73 bits per heavy atom. The summed E-state index contributed by atoms with van der Waals surface area (Å²) in [6, 6.07) is 7.39. The van der Waals surface area contributed by atoms with E-state index in [9.17, 15) is 9.59 Å². The van der Waals surface area contributed by atoms with Gasteiger partial charge in [-0.15, -0.1) is 0 Å². The fourth-order valence-electron chi connectivity index (χ4n) is 5.16. The number of anilines is 4. The molecule has 2 aliphatic heterocycles. The van der Waals surface area contributed by atoms with Crippen molar-refractivity contribution in [3.8, 4) is 0 Å². The number of carbonyl (C=O) groups is 2. The van der Waals surface area contributed by atoms with E-state index in [-0.39, 0.29) is 31.3 Å². The second-order valence-electron chi connectivity index (χ2n) is 9.39. The van der Waals surface area contributed by atoms with Gasteiger partial charge in [0.2, 0.25) is 0 Å². The first-order valence-electron chi connectivity index (χ1n) is 13.3. The minimum Gasteiger partial charge on any atom is -0.464 e. The van der Waals surface area contributed by atoms with Gasteiger partial charge >= 0.3 is 11.9 Å². The Morgan fingerprint density at radius 2 is 1.22 bits per heavy atom. The molecule has 2 aromatic rings. The molecule has 2 aliphatic rings. The number of hydrogen-bond acceptors (Lipinski definition) is 8. The summed E-state index contributed by atoms with van der Waals surface area (Å²) in [4.78, 5) is 31.4. The maximum absolute atomic E-state index is 11.5. The number of nitrogens with zero attached hydrogens (tertiary/aromatic N) is 4. The summed E-state index contributed by atoms with van der Waals surface area (Å²) < 4.78 is 10.5. The third-order valence-electron chi connectivity index (χ3n) is 6.87. The second-order valence-corrected chi connectivity index (χ2v) is 11.0. The molecule has 0 saturated carbocycles. The summed E-state index contributed by atoms with van der Waals surface area (Å²) >= 11 is 25.6. The monoisotopic (exact) mass is 640 g/mol. The third kappa shape index (κ3) is 6.67. The molecule has 8 nitrogen and oxygen atoms in total. The molecule has 0 spiro atoms. The van der Waals surface area contributed by atoms with Crippen LogP contribution in [0.4, 0.5) is 22.7 Å². The van der Waals surface area contributed by atoms with Gasteiger partial charge in [-0.3, -0.25) is 9.59 Å². The SMILES string of the molecule is CCN1/C(=C\C=C\[C@@H]2N(CC)c3cc(Cl)c(Cl)cc3N2CCOC(C)=O)N(CCOC(C)=O)c2cc(Cl)c(Cl)cc21. The van der Waals surface area contributed by atoms with Gasteiger partial charge in [-0.05, 0) is 50.3 Å². The number of esters is 2. The van der Waals surface area contributed by atoms with E-state index in [0.29, 0.717) is 46.3 Å². The summed E-state index contributed by atoms with van der Waals surface area (Å²) in [5, 5.41) is 1.83. The molecule has 0 amide bonds. The molecule has 0 fully saturated rings. The lowest BCUT2D eigenvalue weighted by molar-refractivity contribution is -0.141. The molecule has 41 heavy (non-hydrogen) atoms. The highest BCUT2D eigenvalue weighted by molar-refractivity contribution is 6.43. The number of carbonyl (C=O) groups excluding carboxylic acids is 2. The summed E-state index contributed by atoms with van der Waals surface area (Å²) in [7, 11) is 0. The van der Waals surface area contributed by atoms with E-state index in [2.05, 4.69) is 39.5 Å². The smallest absolute Gasteiger partial charge is 0.302 e. The molecule has 0 unspecified atom stereocenters. The van der Waals surface area contributed by atoms with E-state index in [1.165, 1.54) is 13.8 Å². The van der Waals surface area contributed by atoms with Crippen molar-refractivity contribution in [2.24, 2.45) is 0 Å². The van der Waals surface area contributed by atoms with E-state index in [4.69, 9.17) is 55.9 Å². The average Bonchev–Trinajstić information content (AvgIpc) is 3.34. The number of ether oxygens (including phenoxy) is 2. The van der Waals surface area contributed by atoms with E-state index in [0.717, 1.165) is 28.6 Å². The molecular weight excluding hydrogens is 610 g/mol. The number of hydrogen-bond donors (Lipinski definition) is 0. The van der Waals surface area contributed by atoms with Crippen LogP contribution in [0.5, 0.6) is 0 Å². The third-order valence-corrected chi connectivity index (χ3v) is 8.31. The summed E-state index contributed by atoms with van der Waals surface area (Å²) in [5.74, 6) is 0.212. The fraction of sp³-hybridized carbons (Fsp3) is 0.379. The van der Waals surface area contributed by atoms with Gasteiger partial charge in [-0.1, -0.05) is 52.5 Å². The van der Waals surface area contributed by atoms with Crippen LogP contribution in [0, 0.1) is 0 Å². The first-order valence-corrected chi connectivity index (χ1v) is 14.8. The van der Waals surface area contributed by atoms with Gasteiger partial charge in [-0.25, -0.2) is 0 Å². The Bertz CT molecular complexity index is 1380. The van der Waals surface area contributed by atoms with Crippen LogP contribution >= 0.6 is 46.4 Å². The zero-order chi connectivity index (χ0) is 29.8. The van der Waals surface area contributed by atoms with Crippen LogP contribution in [0.2, 0.25) is 20.1 Å². The largest absolute Gasteiger partial charge is 0.464 e. The summed E-state index contributed by atoms with van der Waals surface area (Å²) in [6.45, 7) is 9.61. The Hall–Kier alpha value is -2.78. The normalized spacial score (nSPS) is 17.1. The van der Waals surface area contributed by atoms with Crippen LogP contribution in [0.25, 0.3) is 0 Å². The molecule has 1 atom stereocenters. The lowest BCUT2D eigenvalue weighted by Crippen LogP contribution is -2.43. The number of allylic oxidation sites excluding steroid dienone is 2.